The molecular formula is C21H29N3O2. The number of rotatable bonds is 4. The maximum Gasteiger partial charge on any atom is 0.227 e. The highest BCUT2D eigenvalue weighted by Gasteiger charge is 2.40. The topological polar surface area (TPSA) is 84.2 Å². The lowest BCUT2D eigenvalue weighted by Crippen LogP contribution is -2.48. The molecule has 0 aliphatic heterocycles. The fraction of sp³-hybridized carbons (Fsp3) is 0.619. The van der Waals surface area contributed by atoms with Crippen LogP contribution in [0.15, 0.2) is 18.2 Å². The highest BCUT2D eigenvalue weighted by Crippen LogP contribution is 2.42. The lowest BCUT2D eigenvalue weighted by molar-refractivity contribution is -0.122. The summed E-state index contributed by atoms with van der Waals surface area (Å²) in [6.07, 6.45) is 7.33. The number of amides is 2. The van der Waals surface area contributed by atoms with E-state index in [1.54, 1.807) is 0 Å². The van der Waals surface area contributed by atoms with Crippen LogP contribution in [0.3, 0.4) is 0 Å². The molecule has 2 amide bonds. The molecule has 2 unspecified atom stereocenters. The predicted molar refractivity (Wildman–Crippen MR) is 103 cm³/mol. The number of hydrogen-bond donors (Lipinski definition) is 3. The molecule has 26 heavy (non-hydrogen) atoms. The normalized spacial score (nSPS) is 30.5. The van der Waals surface area contributed by atoms with E-state index in [0.717, 1.165) is 55.5 Å². The van der Waals surface area contributed by atoms with Crippen molar-refractivity contribution in [2.45, 2.75) is 57.9 Å². The van der Waals surface area contributed by atoms with Crippen molar-refractivity contribution in [3.63, 3.8) is 0 Å². The van der Waals surface area contributed by atoms with Gasteiger partial charge in [-0.25, -0.2) is 0 Å². The Morgan fingerprint density at radius 3 is 2.27 bits per heavy atom. The van der Waals surface area contributed by atoms with Crippen molar-refractivity contribution in [1.29, 1.82) is 0 Å². The van der Waals surface area contributed by atoms with Crippen LogP contribution < -0.4 is 16.4 Å². The third-order valence-corrected chi connectivity index (χ3v) is 6.49. The fourth-order valence-corrected chi connectivity index (χ4v) is 4.66. The summed E-state index contributed by atoms with van der Waals surface area (Å²) in [4.78, 5) is 24.8. The minimum Gasteiger partial charge on any atom is -0.327 e. The molecule has 4 N–H and O–H groups in total. The van der Waals surface area contributed by atoms with Crippen molar-refractivity contribution in [3.8, 4) is 0 Å². The minimum atomic E-state index is 0.0502. The van der Waals surface area contributed by atoms with Crippen LogP contribution in [0.25, 0.3) is 0 Å². The van der Waals surface area contributed by atoms with E-state index in [-0.39, 0.29) is 29.7 Å². The van der Waals surface area contributed by atoms with Gasteiger partial charge in [-0.15, -0.1) is 0 Å². The van der Waals surface area contributed by atoms with Gasteiger partial charge in [-0.3, -0.25) is 9.59 Å². The Bertz CT molecular complexity index is 699. The maximum absolute atomic E-state index is 12.9. The van der Waals surface area contributed by atoms with Crippen LogP contribution in [0, 0.1) is 30.6 Å². The van der Waals surface area contributed by atoms with Gasteiger partial charge in [0.25, 0.3) is 0 Å². The molecule has 3 aliphatic carbocycles. The first-order valence-corrected chi connectivity index (χ1v) is 9.99. The van der Waals surface area contributed by atoms with E-state index >= 15 is 0 Å². The summed E-state index contributed by atoms with van der Waals surface area (Å²) in [7, 11) is 0. The number of benzene rings is 1. The van der Waals surface area contributed by atoms with E-state index in [9.17, 15) is 9.59 Å². The van der Waals surface area contributed by atoms with Crippen molar-refractivity contribution < 1.29 is 9.59 Å². The number of nitrogens with one attached hydrogen (secondary N) is 2. The molecule has 1 aromatic rings. The van der Waals surface area contributed by atoms with E-state index in [4.69, 9.17) is 5.73 Å². The maximum atomic E-state index is 12.9. The Morgan fingerprint density at radius 1 is 0.962 bits per heavy atom. The summed E-state index contributed by atoms with van der Waals surface area (Å²) >= 11 is 0. The summed E-state index contributed by atoms with van der Waals surface area (Å²) in [5, 5.41) is 6.07. The van der Waals surface area contributed by atoms with Crippen molar-refractivity contribution in [3.05, 3.63) is 23.8 Å². The zero-order chi connectivity index (χ0) is 18.3. The van der Waals surface area contributed by atoms with Crippen LogP contribution >= 0.6 is 0 Å². The van der Waals surface area contributed by atoms with Gasteiger partial charge in [0.1, 0.15) is 0 Å². The lowest BCUT2D eigenvalue weighted by atomic mass is 9.65. The summed E-state index contributed by atoms with van der Waals surface area (Å²) < 4.78 is 0. The fourth-order valence-electron chi connectivity index (χ4n) is 4.66. The molecule has 3 saturated carbocycles. The number of fused-ring (bicyclic) bond motifs is 2. The molecule has 5 nitrogen and oxygen atoms in total. The third kappa shape index (κ3) is 3.63. The molecule has 0 aromatic heterocycles. The second-order valence-corrected chi connectivity index (χ2v) is 8.48. The van der Waals surface area contributed by atoms with Crippen molar-refractivity contribution in [1.82, 2.24) is 0 Å². The van der Waals surface area contributed by atoms with Gasteiger partial charge < -0.3 is 16.4 Å². The molecule has 0 radical (unpaired) electrons. The van der Waals surface area contributed by atoms with E-state index in [2.05, 4.69) is 10.6 Å². The number of aryl methyl sites for hydroxylation is 1. The molecule has 2 bridgehead atoms. The van der Waals surface area contributed by atoms with Gasteiger partial charge >= 0.3 is 0 Å². The quantitative estimate of drug-likeness (QED) is 0.773. The average molecular weight is 355 g/mol. The predicted octanol–water partition coefficient (Wildman–Crippen LogP) is 3.44. The van der Waals surface area contributed by atoms with Crippen LogP contribution in [-0.4, -0.2) is 17.9 Å². The van der Waals surface area contributed by atoms with Gasteiger partial charge in [0.15, 0.2) is 0 Å². The molecule has 3 aliphatic rings. The molecule has 3 fully saturated rings. The van der Waals surface area contributed by atoms with Crippen LogP contribution in [0.1, 0.15) is 50.5 Å². The molecule has 2 atom stereocenters. The third-order valence-electron chi connectivity index (χ3n) is 6.49. The van der Waals surface area contributed by atoms with Crippen molar-refractivity contribution >= 4 is 23.2 Å². The Labute approximate surface area is 155 Å². The standard InChI is InChI=1S/C21H29N3O2/c1-12-5-8-17(23-20(25)13-6-7-13)11-18(12)24-21(26)16-9-14-3-2-4-15(10-16)19(14)22/h5,8,11,13-16,19H,2-4,6-7,9-10,22H2,1H3,(H,23,25)(H,24,26). The first-order chi connectivity index (χ1) is 12.5. The Kier molecular flexibility index (Phi) is 4.74. The Balaban J connectivity index is 1.42. The molecule has 4 rings (SSSR count). The van der Waals surface area contributed by atoms with Crippen LogP contribution in [0.2, 0.25) is 0 Å². The van der Waals surface area contributed by atoms with Gasteiger partial charge in [-0.05, 0) is 75.0 Å². The van der Waals surface area contributed by atoms with Crippen molar-refractivity contribution in [2.24, 2.45) is 29.4 Å². The first-order valence-electron chi connectivity index (χ1n) is 9.99. The molecular weight excluding hydrogens is 326 g/mol. The highest BCUT2D eigenvalue weighted by molar-refractivity contribution is 5.97. The number of carbonyl (C=O) groups is 2. The van der Waals surface area contributed by atoms with E-state index in [1.165, 1.54) is 6.42 Å². The van der Waals surface area contributed by atoms with Gasteiger partial charge in [0.05, 0.1) is 0 Å². The van der Waals surface area contributed by atoms with Gasteiger partial charge in [-0.1, -0.05) is 12.5 Å². The van der Waals surface area contributed by atoms with E-state index < -0.39 is 0 Å². The van der Waals surface area contributed by atoms with E-state index in [1.807, 2.05) is 25.1 Å². The summed E-state index contributed by atoms with van der Waals surface area (Å²) in [5.41, 5.74) is 8.91. The molecule has 1 aromatic carbocycles. The lowest BCUT2D eigenvalue weighted by Gasteiger charge is -2.43. The van der Waals surface area contributed by atoms with Crippen molar-refractivity contribution in [2.75, 3.05) is 10.6 Å². The van der Waals surface area contributed by atoms with Gasteiger partial charge in [0, 0.05) is 29.3 Å². The second-order valence-electron chi connectivity index (χ2n) is 8.48. The van der Waals surface area contributed by atoms with Crippen LogP contribution in [0.4, 0.5) is 11.4 Å². The Morgan fingerprint density at radius 2 is 1.62 bits per heavy atom. The monoisotopic (exact) mass is 355 g/mol. The number of hydrogen-bond acceptors (Lipinski definition) is 3. The summed E-state index contributed by atoms with van der Waals surface area (Å²) in [5.74, 6) is 1.38. The average Bonchev–Trinajstić information content (AvgIpc) is 3.42. The summed E-state index contributed by atoms with van der Waals surface area (Å²) in [6, 6.07) is 6.00. The molecule has 140 valence electrons. The molecule has 0 saturated heterocycles. The first kappa shape index (κ1) is 17.5. The minimum absolute atomic E-state index is 0.0502. The Hall–Kier alpha value is -1.88. The zero-order valence-electron chi connectivity index (χ0n) is 15.5. The van der Waals surface area contributed by atoms with Crippen LogP contribution in [-0.2, 0) is 9.59 Å². The second kappa shape index (κ2) is 7.03. The molecule has 5 heteroatoms. The smallest absolute Gasteiger partial charge is 0.227 e. The highest BCUT2D eigenvalue weighted by atomic mass is 16.2. The largest absolute Gasteiger partial charge is 0.327 e. The van der Waals surface area contributed by atoms with Crippen LogP contribution in [0.5, 0.6) is 0 Å². The number of anilines is 2. The zero-order valence-corrected chi connectivity index (χ0v) is 15.5. The SMILES string of the molecule is Cc1ccc(NC(=O)C2CC2)cc1NC(=O)C1CC2CCCC(C1)C2N. The van der Waals surface area contributed by atoms with Gasteiger partial charge in [-0.2, -0.15) is 0 Å². The molecule has 0 spiro atoms. The van der Waals surface area contributed by atoms with Gasteiger partial charge in [0.2, 0.25) is 11.8 Å². The number of nitrogens with two attached hydrogens (primary N) is 1. The molecule has 0 heterocycles. The number of carbonyl (C=O) groups excluding carboxylic acids is 2. The van der Waals surface area contributed by atoms with E-state index in [0.29, 0.717) is 11.8 Å². The summed E-state index contributed by atoms with van der Waals surface area (Å²) in [6.45, 7) is 1.98.